The topological polar surface area (TPSA) is 26.0 Å². The van der Waals surface area contributed by atoms with Crippen LogP contribution in [0.2, 0.25) is 0 Å². The minimum absolute atomic E-state index is 0.172. The summed E-state index contributed by atoms with van der Waals surface area (Å²) in [6.45, 7) is 0.593. The number of rotatable bonds is 4. The molecule has 0 spiro atoms. The molecule has 0 bridgehead atoms. The Hall–Kier alpha value is -1.67. The molecule has 0 heterocycles. The minimum atomic E-state index is -0.172. The summed E-state index contributed by atoms with van der Waals surface area (Å²) >= 11 is 0. The van der Waals surface area contributed by atoms with E-state index in [0.29, 0.717) is 6.54 Å². The first-order chi connectivity index (χ1) is 10.3. The third-order valence-electron chi connectivity index (χ3n) is 4.50. The lowest BCUT2D eigenvalue weighted by molar-refractivity contribution is 0.620. The van der Waals surface area contributed by atoms with E-state index >= 15 is 0 Å². The quantitative estimate of drug-likeness (QED) is 0.902. The Morgan fingerprint density at radius 3 is 2.57 bits per heavy atom. The number of aryl methyl sites for hydroxylation is 2. The van der Waals surface area contributed by atoms with Crippen LogP contribution in [0, 0.1) is 5.82 Å². The van der Waals surface area contributed by atoms with Crippen LogP contribution in [0.4, 0.5) is 4.39 Å². The Labute approximate surface area is 126 Å². The van der Waals surface area contributed by atoms with Crippen molar-refractivity contribution in [3.05, 3.63) is 70.5 Å². The van der Waals surface area contributed by atoms with Gasteiger partial charge in [0.2, 0.25) is 0 Å². The monoisotopic (exact) mass is 283 g/mol. The molecule has 110 valence electrons. The van der Waals surface area contributed by atoms with Crippen LogP contribution in [-0.2, 0) is 19.3 Å². The van der Waals surface area contributed by atoms with Crippen LogP contribution < -0.4 is 5.73 Å². The Bertz CT molecular complexity index is 621. The normalized spacial score (nSPS) is 15.5. The number of halogens is 1. The summed E-state index contributed by atoms with van der Waals surface area (Å²) in [5, 5.41) is 0. The summed E-state index contributed by atoms with van der Waals surface area (Å²) < 4.78 is 13.3. The molecule has 2 heteroatoms. The molecule has 1 atom stereocenters. The van der Waals surface area contributed by atoms with Gasteiger partial charge in [0, 0.05) is 5.92 Å². The van der Waals surface area contributed by atoms with Crippen LogP contribution >= 0.6 is 0 Å². The molecule has 0 aliphatic heterocycles. The van der Waals surface area contributed by atoms with E-state index in [4.69, 9.17) is 5.73 Å². The van der Waals surface area contributed by atoms with Crippen molar-refractivity contribution in [3.8, 4) is 0 Å². The lowest BCUT2D eigenvalue weighted by Crippen LogP contribution is -2.16. The van der Waals surface area contributed by atoms with Gasteiger partial charge in [-0.05, 0) is 73.0 Å². The summed E-state index contributed by atoms with van der Waals surface area (Å²) in [4.78, 5) is 0. The van der Waals surface area contributed by atoms with Crippen LogP contribution in [0.5, 0.6) is 0 Å². The maximum absolute atomic E-state index is 13.3. The molecule has 2 N–H and O–H groups in total. The van der Waals surface area contributed by atoms with Crippen molar-refractivity contribution in [3.63, 3.8) is 0 Å². The molecule has 0 fully saturated rings. The van der Waals surface area contributed by atoms with E-state index in [0.717, 1.165) is 12.0 Å². The highest BCUT2D eigenvalue weighted by atomic mass is 19.1. The maximum Gasteiger partial charge on any atom is 0.123 e. The van der Waals surface area contributed by atoms with E-state index in [1.54, 1.807) is 12.1 Å². The van der Waals surface area contributed by atoms with Crippen molar-refractivity contribution in [1.82, 2.24) is 0 Å². The van der Waals surface area contributed by atoms with Crippen LogP contribution in [-0.4, -0.2) is 6.54 Å². The standard InChI is InChI=1S/C19H22FN/c20-19-7-3-4-14(11-19)10-18(13-21)17-9-8-15-5-1-2-6-16(15)12-17/h3-4,7-9,11-12,18H,1-2,5-6,10,13,21H2. The van der Waals surface area contributed by atoms with Gasteiger partial charge in [0.15, 0.2) is 0 Å². The fourth-order valence-corrected chi connectivity index (χ4v) is 3.29. The number of benzene rings is 2. The summed E-state index contributed by atoms with van der Waals surface area (Å²) in [5.41, 5.74) is 11.3. The number of nitrogens with two attached hydrogens (primary N) is 1. The van der Waals surface area contributed by atoms with Crippen molar-refractivity contribution >= 4 is 0 Å². The molecule has 0 saturated heterocycles. The van der Waals surface area contributed by atoms with Crippen molar-refractivity contribution in [2.45, 2.75) is 38.0 Å². The third-order valence-corrected chi connectivity index (χ3v) is 4.50. The van der Waals surface area contributed by atoms with Gasteiger partial charge in [-0.25, -0.2) is 4.39 Å². The molecule has 2 aromatic carbocycles. The van der Waals surface area contributed by atoms with Crippen molar-refractivity contribution in [2.75, 3.05) is 6.54 Å². The average molecular weight is 283 g/mol. The van der Waals surface area contributed by atoms with Crippen LogP contribution in [0.3, 0.4) is 0 Å². The van der Waals surface area contributed by atoms with Gasteiger partial charge in [-0.1, -0.05) is 30.3 Å². The van der Waals surface area contributed by atoms with E-state index in [2.05, 4.69) is 18.2 Å². The van der Waals surface area contributed by atoms with Crippen molar-refractivity contribution < 1.29 is 4.39 Å². The molecule has 1 aliphatic rings. The summed E-state index contributed by atoms with van der Waals surface area (Å²) in [6, 6.07) is 13.6. The van der Waals surface area contributed by atoms with Crippen LogP contribution in [0.15, 0.2) is 42.5 Å². The second kappa shape index (κ2) is 6.40. The zero-order valence-electron chi connectivity index (χ0n) is 12.3. The van der Waals surface area contributed by atoms with Gasteiger partial charge in [-0.2, -0.15) is 0 Å². The fraction of sp³-hybridized carbons (Fsp3) is 0.368. The molecule has 21 heavy (non-hydrogen) atoms. The summed E-state index contributed by atoms with van der Waals surface area (Å²) in [7, 11) is 0. The maximum atomic E-state index is 13.3. The predicted octanol–water partition coefficient (Wildman–Crippen LogP) is 3.99. The molecular formula is C19H22FN. The Morgan fingerprint density at radius 2 is 1.81 bits per heavy atom. The predicted molar refractivity (Wildman–Crippen MR) is 85.0 cm³/mol. The highest BCUT2D eigenvalue weighted by Gasteiger charge is 2.15. The molecule has 1 aliphatic carbocycles. The summed E-state index contributed by atoms with van der Waals surface area (Å²) in [6.07, 6.45) is 5.77. The first-order valence-electron chi connectivity index (χ1n) is 7.82. The number of fused-ring (bicyclic) bond motifs is 1. The lowest BCUT2D eigenvalue weighted by atomic mass is 9.85. The van der Waals surface area contributed by atoms with Crippen molar-refractivity contribution in [2.24, 2.45) is 5.73 Å². The highest BCUT2D eigenvalue weighted by Crippen LogP contribution is 2.27. The first kappa shape index (κ1) is 14.3. The summed E-state index contributed by atoms with van der Waals surface area (Å²) in [5.74, 6) is 0.0905. The average Bonchev–Trinajstić information content (AvgIpc) is 2.52. The SMILES string of the molecule is NCC(Cc1cccc(F)c1)c1ccc2c(c1)CCCC2. The van der Waals surface area contributed by atoms with Gasteiger partial charge >= 0.3 is 0 Å². The van der Waals surface area contributed by atoms with Gasteiger partial charge < -0.3 is 5.73 Å². The van der Waals surface area contributed by atoms with E-state index in [1.807, 2.05) is 6.07 Å². The number of hydrogen-bond acceptors (Lipinski definition) is 1. The van der Waals surface area contributed by atoms with Gasteiger partial charge in [0.25, 0.3) is 0 Å². The van der Waals surface area contributed by atoms with Gasteiger partial charge in [0.05, 0.1) is 0 Å². The van der Waals surface area contributed by atoms with E-state index in [-0.39, 0.29) is 11.7 Å². The molecule has 1 nitrogen and oxygen atoms in total. The molecule has 1 unspecified atom stereocenters. The van der Waals surface area contributed by atoms with Crippen molar-refractivity contribution in [1.29, 1.82) is 0 Å². The number of hydrogen-bond donors (Lipinski definition) is 1. The first-order valence-corrected chi connectivity index (χ1v) is 7.82. The molecule has 0 aromatic heterocycles. The Kier molecular flexibility index (Phi) is 4.35. The zero-order chi connectivity index (χ0) is 14.7. The van der Waals surface area contributed by atoms with E-state index in [9.17, 15) is 4.39 Å². The Morgan fingerprint density at radius 1 is 1.00 bits per heavy atom. The minimum Gasteiger partial charge on any atom is -0.330 e. The van der Waals surface area contributed by atoms with Gasteiger partial charge in [0.1, 0.15) is 5.82 Å². The third kappa shape index (κ3) is 3.33. The van der Waals surface area contributed by atoms with Crippen LogP contribution in [0.25, 0.3) is 0 Å². The Balaban J connectivity index is 1.82. The molecule has 3 rings (SSSR count). The highest BCUT2D eigenvalue weighted by molar-refractivity contribution is 5.36. The fourth-order valence-electron chi connectivity index (χ4n) is 3.29. The molecule has 0 radical (unpaired) electrons. The zero-order valence-corrected chi connectivity index (χ0v) is 12.3. The largest absolute Gasteiger partial charge is 0.330 e. The second-order valence-corrected chi connectivity index (χ2v) is 6.00. The molecule has 2 aromatic rings. The molecule has 0 amide bonds. The second-order valence-electron chi connectivity index (χ2n) is 6.00. The van der Waals surface area contributed by atoms with Crippen LogP contribution in [0.1, 0.15) is 41.0 Å². The molecular weight excluding hydrogens is 261 g/mol. The van der Waals surface area contributed by atoms with Gasteiger partial charge in [-0.15, -0.1) is 0 Å². The van der Waals surface area contributed by atoms with Gasteiger partial charge in [-0.3, -0.25) is 0 Å². The van der Waals surface area contributed by atoms with E-state index < -0.39 is 0 Å². The smallest absolute Gasteiger partial charge is 0.123 e. The molecule has 0 saturated carbocycles. The lowest BCUT2D eigenvalue weighted by Gasteiger charge is -2.21. The van der Waals surface area contributed by atoms with E-state index in [1.165, 1.54) is 48.4 Å².